The van der Waals surface area contributed by atoms with E-state index >= 15 is 0 Å². The van der Waals surface area contributed by atoms with Gasteiger partial charge in [0.2, 0.25) is 0 Å². The average Bonchev–Trinajstić information content (AvgIpc) is 2.46. The Hall–Kier alpha value is -1.96. The van der Waals surface area contributed by atoms with Gasteiger partial charge in [0.05, 0.1) is 0 Å². The molecular weight excluding hydrogens is 272 g/mol. The Morgan fingerprint density at radius 3 is 2.95 bits per heavy atom. The van der Waals surface area contributed by atoms with Crippen LogP contribution in [-0.4, -0.2) is 5.11 Å². The summed E-state index contributed by atoms with van der Waals surface area (Å²) in [6, 6.07) is 3.93. The number of aromatic hydroxyl groups is 1. The summed E-state index contributed by atoms with van der Waals surface area (Å²) < 4.78 is 5.96. The van der Waals surface area contributed by atoms with Gasteiger partial charge >= 0.3 is 0 Å². The van der Waals surface area contributed by atoms with Crippen molar-refractivity contribution in [2.75, 3.05) is 0 Å². The molecule has 0 unspecified atom stereocenters. The van der Waals surface area contributed by atoms with Gasteiger partial charge in [0.15, 0.2) is 0 Å². The minimum absolute atomic E-state index is 0.199. The zero-order chi connectivity index (χ0) is 15.7. The van der Waals surface area contributed by atoms with Crippen LogP contribution in [0.5, 0.6) is 11.5 Å². The molecule has 0 bridgehead atoms. The average molecular weight is 296 g/mol. The molecule has 1 N–H and O–H groups in total. The van der Waals surface area contributed by atoms with Crippen molar-refractivity contribution in [3.05, 3.63) is 59.4 Å². The van der Waals surface area contributed by atoms with Crippen molar-refractivity contribution in [2.45, 2.75) is 45.4 Å². The van der Waals surface area contributed by atoms with E-state index < -0.39 is 0 Å². The molecule has 0 fully saturated rings. The predicted octanol–water partition coefficient (Wildman–Crippen LogP) is 5.25. The fraction of sp³-hybridized carbons (Fsp3) is 0.400. The fourth-order valence-corrected chi connectivity index (χ4v) is 3.52. The van der Waals surface area contributed by atoms with Crippen LogP contribution < -0.4 is 4.74 Å². The van der Waals surface area contributed by atoms with Crippen molar-refractivity contribution in [1.29, 1.82) is 0 Å². The number of hydrogen-bond donors (Lipinski definition) is 1. The standard InChI is InChI=1S/C20H24O2/c1-4-5-6-7-15-11-18(21)20-17-10-13(2)8-9-16(17)14(3)22-19(20)12-15/h5-6,10-12,16-17,21H,3-4,7-9H2,1-2H3/b6-5+/t16-,17+/m0/s1. The van der Waals surface area contributed by atoms with Crippen LogP contribution in [-0.2, 0) is 6.42 Å². The van der Waals surface area contributed by atoms with E-state index in [2.05, 4.69) is 38.7 Å². The minimum atomic E-state index is 0.199. The Morgan fingerprint density at radius 1 is 1.36 bits per heavy atom. The molecule has 116 valence electrons. The van der Waals surface area contributed by atoms with Gasteiger partial charge in [0.1, 0.15) is 17.3 Å². The molecule has 2 nitrogen and oxygen atoms in total. The lowest BCUT2D eigenvalue weighted by Crippen LogP contribution is -2.25. The molecule has 2 aliphatic rings. The van der Waals surface area contributed by atoms with Crippen molar-refractivity contribution in [3.8, 4) is 11.5 Å². The lowest BCUT2D eigenvalue weighted by Gasteiger charge is -2.37. The number of allylic oxidation sites excluding steroid dienone is 5. The molecule has 0 spiro atoms. The number of phenols is 1. The highest BCUT2D eigenvalue weighted by Gasteiger charge is 2.36. The van der Waals surface area contributed by atoms with Gasteiger partial charge in [-0.1, -0.05) is 37.3 Å². The second-order valence-electron chi connectivity index (χ2n) is 6.36. The first-order valence-corrected chi connectivity index (χ1v) is 8.15. The van der Waals surface area contributed by atoms with Crippen LogP contribution in [0, 0.1) is 5.92 Å². The van der Waals surface area contributed by atoms with Crippen molar-refractivity contribution in [3.63, 3.8) is 0 Å². The molecule has 2 heteroatoms. The van der Waals surface area contributed by atoms with Gasteiger partial charge < -0.3 is 9.84 Å². The zero-order valence-corrected chi connectivity index (χ0v) is 13.4. The molecule has 1 aliphatic heterocycles. The van der Waals surface area contributed by atoms with Gasteiger partial charge in [0.25, 0.3) is 0 Å². The van der Waals surface area contributed by atoms with Crippen molar-refractivity contribution < 1.29 is 9.84 Å². The summed E-state index contributed by atoms with van der Waals surface area (Å²) in [7, 11) is 0. The maximum atomic E-state index is 10.5. The summed E-state index contributed by atoms with van der Waals surface area (Å²) in [6.07, 6.45) is 10.5. The molecule has 0 aromatic heterocycles. The largest absolute Gasteiger partial charge is 0.507 e. The van der Waals surface area contributed by atoms with Gasteiger partial charge in [-0.15, -0.1) is 0 Å². The molecule has 0 saturated carbocycles. The van der Waals surface area contributed by atoms with Crippen LogP contribution in [0.1, 0.15) is 50.2 Å². The lowest BCUT2D eigenvalue weighted by atomic mass is 9.74. The Kier molecular flexibility index (Phi) is 4.10. The van der Waals surface area contributed by atoms with E-state index in [9.17, 15) is 5.11 Å². The number of phenolic OH excluding ortho intramolecular Hbond substituents is 1. The molecule has 22 heavy (non-hydrogen) atoms. The summed E-state index contributed by atoms with van der Waals surface area (Å²) in [5.74, 6) is 2.45. The highest BCUT2D eigenvalue weighted by Crippen LogP contribution is 2.51. The maximum absolute atomic E-state index is 10.5. The summed E-state index contributed by atoms with van der Waals surface area (Å²) in [4.78, 5) is 0. The third kappa shape index (κ3) is 2.70. The third-order valence-electron chi connectivity index (χ3n) is 4.67. The van der Waals surface area contributed by atoms with Crippen LogP contribution in [0.3, 0.4) is 0 Å². The van der Waals surface area contributed by atoms with Gasteiger partial charge in [-0.05, 0) is 50.3 Å². The van der Waals surface area contributed by atoms with E-state index in [1.54, 1.807) is 0 Å². The Morgan fingerprint density at radius 2 is 2.18 bits per heavy atom. The Bertz CT molecular complexity index is 652. The second kappa shape index (κ2) is 6.04. The first-order chi connectivity index (χ1) is 10.6. The highest BCUT2D eigenvalue weighted by atomic mass is 16.5. The van der Waals surface area contributed by atoms with E-state index in [0.717, 1.165) is 48.3 Å². The highest BCUT2D eigenvalue weighted by molar-refractivity contribution is 5.55. The van der Waals surface area contributed by atoms with Gasteiger partial charge in [-0.2, -0.15) is 0 Å². The van der Waals surface area contributed by atoms with Gasteiger partial charge in [-0.3, -0.25) is 0 Å². The van der Waals surface area contributed by atoms with Crippen LogP contribution in [0.25, 0.3) is 0 Å². The van der Waals surface area contributed by atoms with Crippen LogP contribution in [0.2, 0.25) is 0 Å². The molecule has 1 aromatic carbocycles. The van der Waals surface area contributed by atoms with E-state index in [1.807, 2.05) is 12.1 Å². The SMILES string of the molecule is C=C1Oc2cc(C/C=C/CC)cc(O)c2[C@@H]2C=C(C)CC[C@@H]12. The Balaban J connectivity index is 2.01. The van der Waals surface area contributed by atoms with Crippen LogP contribution in [0.15, 0.2) is 48.3 Å². The summed E-state index contributed by atoms with van der Waals surface area (Å²) in [6.45, 7) is 8.39. The number of benzene rings is 1. The number of fused-ring (bicyclic) bond motifs is 3. The summed E-state index contributed by atoms with van der Waals surface area (Å²) in [5, 5.41) is 10.5. The topological polar surface area (TPSA) is 29.5 Å². The second-order valence-corrected chi connectivity index (χ2v) is 6.36. The van der Waals surface area contributed by atoms with E-state index in [4.69, 9.17) is 4.74 Å². The first-order valence-electron chi connectivity index (χ1n) is 8.15. The van der Waals surface area contributed by atoms with Crippen molar-refractivity contribution in [2.24, 2.45) is 5.92 Å². The van der Waals surface area contributed by atoms with E-state index in [0.29, 0.717) is 5.75 Å². The normalized spacial score (nSPS) is 23.7. The fourth-order valence-electron chi connectivity index (χ4n) is 3.52. The number of hydrogen-bond acceptors (Lipinski definition) is 2. The predicted molar refractivity (Wildman–Crippen MR) is 90.2 cm³/mol. The molecular formula is C20H24O2. The van der Waals surface area contributed by atoms with E-state index in [1.165, 1.54) is 5.57 Å². The van der Waals surface area contributed by atoms with Gasteiger partial charge in [-0.25, -0.2) is 0 Å². The molecule has 2 atom stereocenters. The third-order valence-corrected chi connectivity index (χ3v) is 4.67. The molecule has 0 saturated heterocycles. The maximum Gasteiger partial charge on any atom is 0.134 e. The smallest absolute Gasteiger partial charge is 0.134 e. The number of rotatable bonds is 3. The number of ether oxygens (including phenoxy) is 1. The zero-order valence-electron chi connectivity index (χ0n) is 13.4. The van der Waals surface area contributed by atoms with Crippen LogP contribution in [0.4, 0.5) is 0 Å². The minimum Gasteiger partial charge on any atom is -0.507 e. The Labute approximate surface area is 132 Å². The summed E-state index contributed by atoms with van der Waals surface area (Å²) >= 11 is 0. The molecule has 3 rings (SSSR count). The molecule has 1 heterocycles. The molecule has 1 aromatic rings. The molecule has 0 amide bonds. The van der Waals surface area contributed by atoms with Crippen molar-refractivity contribution in [1.82, 2.24) is 0 Å². The molecule has 0 radical (unpaired) electrons. The summed E-state index contributed by atoms with van der Waals surface area (Å²) in [5.41, 5.74) is 3.39. The lowest BCUT2D eigenvalue weighted by molar-refractivity contribution is 0.275. The van der Waals surface area contributed by atoms with Gasteiger partial charge in [0, 0.05) is 17.4 Å². The quantitative estimate of drug-likeness (QED) is 0.772. The van der Waals surface area contributed by atoms with E-state index in [-0.39, 0.29) is 11.8 Å². The van der Waals surface area contributed by atoms with Crippen LogP contribution >= 0.6 is 0 Å². The first kappa shape index (κ1) is 15.0. The molecule has 1 aliphatic carbocycles. The van der Waals surface area contributed by atoms with Crippen molar-refractivity contribution >= 4 is 0 Å². The monoisotopic (exact) mass is 296 g/mol.